The number of pyridine rings is 1. The quantitative estimate of drug-likeness (QED) is 0.752. The summed E-state index contributed by atoms with van der Waals surface area (Å²) in [6.07, 6.45) is 5.07. The molecule has 4 heteroatoms. The van der Waals surface area contributed by atoms with Crippen molar-refractivity contribution in [2.24, 2.45) is 0 Å². The van der Waals surface area contributed by atoms with Gasteiger partial charge in [0.2, 0.25) is 0 Å². The average Bonchev–Trinajstić information content (AvgIpc) is 3.04. The van der Waals surface area contributed by atoms with Crippen LogP contribution < -0.4 is 5.32 Å². The van der Waals surface area contributed by atoms with Crippen LogP contribution in [0.3, 0.4) is 0 Å². The lowest BCUT2D eigenvalue weighted by Crippen LogP contribution is -2.27. The fraction of sp³-hybridized carbons (Fsp3) is 0.182. The lowest BCUT2D eigenvalue weighted by Gasteiger charge is -2.14. The molecule has 26 heavy (non-hydrogen) atoms. The Labute approximate surface area is 151 Å². The third-order valence-corrected chi connectivity index (χ3v) is 4.81. The highest BCUT2D eigenvalue weighted by Gasteiger charge is 2.24. The molecule has 4 rings (SSSR count). The Morgan fingerprint density at radius 1 is 1.12 bits per heavy atom. The van der Waals surface area contributed by atoms with Crippen molar-refractivity contribution in [2.45, 2.75) is 25.8 Å². The lowest BCUT2D eigenvalue weighted by molar-refractivity contribution is 0.0936. The van der Waals surface area contributed by atoms with Crippen molar-refractivity contribution in [2.75, 3.05) is 0 Å². The van der Waals surface area contributed by atoms with E-state index in [1.807, 2.05) is 25.1 Å². The van der Waals surface area contributed by atoms with Gasteiger partial charge in [0.25, 0.3) is 5.91 Å². The van der Waals surface area contributed by atoms with Crippen LogP contribution in [0, 0.1) is 12.7 Å². The number of amides is 1. The maximum atomic E-state index is 13.7. The van der Waals surface area contributed by atoms with E-state index in [9.17, 15) is 9.18 Å². The van der Waals surface area contributed by atoms with E-state index >= 15 is 0 Å². The number of hydrogen-bond donors (Lipinski definition) is 1. The smallest absolute Gasteiger partial charge is 0.253 e. The van der Waals surface area contributed by atoms with Crippen LogP contribution >= 0.6 is 0 Å². The van der Waals surface area contributed by atoms with E-state index in [1.54, 1.807) is 18.5 Å². The van der Waals surface area contributed by atoms with E-state index in [2.05, 4.69) is 22.4 Å². The molecule has 1 atom stereocenters. The largest absolute Gasteiger partial charge is 0.345 e. The van der Waals surface area contributed by atoms with Crippen molar-refractivity contribution >= 4 is 5.91 Å². The van der Waals surface area contributed by atoms with Gasteiger partial charge in [0.1, 0.15) is 5.82 Å². The van der Waals surface area contributed by atoms with E-state index in [0.717, 1.165) is 29.5 Å². The van der Waals surface area contributed by atoms with E-state index in [4.69, 9.17) is 0 Å². The minimum Gasteiger partial charge on any atom is -0.345 e. The summed E-state index contributed by atoms with van der Waals surface area (Å²) in [4.78, 5) is 16.9. The number of nitrogens with one attached hydrogen (secondary N) is 1. The van der Waals surface area contributed by atoms with Gasteiger partial charge in [-0.1, -0.05) is 30.3 Å². The van der Waals surface area contributed by atoms with Gasteiger partial charge in [0.05, 0.1) is 11.6 Å². The molecule has 2 aromatic carbocycles. The van der Waals surface area contributed by atoms with Gasteiger partial charge in [-0.2, -0.15) is 0 Å². The molecule has 1 aliphatic carbocycles. The molecule has 1 aromatic heterocycles. The van der Waals surface area contributed by atoms with Gasteiger partial charge in [-0.3, -0.25) is 9.78 Å². The molecule has 0 radical (unpaired) electrons. The molecule has 1 heterocycles. The molecule has 0 bridgehead atoms. The molecule has 0 fully saturated rings. The molecule has 1 unspecified atom stereocenters. The number of carbonyl (C=O) groups excluding carboxylic acids is 1. The second-order valence-corrected chi connectivity index (χ2v) is 6.74. The topological polar surface area (TPSA) is 42.0 Å². The molecule has 1 aliphatic rings. The molecule has 130 valence electrons. The summed E-state index contributed by atoms with van der Waals surface area (Å²) in [6, 6.07) is 14.8. The number of rotatable bonds is 3. The highest BCUT2D eigenvalue weighted by atomic mass is 19.1. The van der Waals surface area contributed by atoms with E-state index in [-0.39, 0.29) is 17.8 Å². The number of halogens is 1. The van der Waals surface area contributed by atoms with Gasteiger partial charge in [-0.05, 0) is 60.2 Å². The summed E-state index contributed by atoms with van der Waals surface area (Å²) in [5.74, 6) is -0.452. The zero-order valence-electron chi connectivity index (χ0n) is 14.5. The summed E-state index contributed by atoms with van der Waals surface area (Å²) < 4.78 is 13.7. The third kappa shape index (κ3) is 3.23. The third-order valence-electron chi connectivity index (χ3n) is 4.81. The van der Waals surface area contributed by atoms with Crippen molar-refractivity contribution in [1.82, 2.24) is 10.3 Å². The number of nitrogens with zero attached hydrogens (tertiary/aromatic N) is 1. The van der Waals surface area contributed by atoms with Gasteiger partial charge in [0, 0.05) is 18.0 Å². The van der Waals surface area contributed by atoms with Crippen LogP contribution in [0.15, 0.2) is 60.9 Å². The minimum absolute atomic E-state index is 0.0266. The average molecular weight is 346 g/mol. The van der Waals surface area contributed by atoms with Gasteiger partial charge < -0.3 is 5.32 Å². The van der Waals surface area contributed by atoms with Crippen molar-refractivity contribution in [3.63, 3.8) is 0 Å². The molecule has 0 spiro atoms. The number of aromatic nitrogens is 1. The van der Waals surface area contributed by atoms with Crippen LogP contribution in [0.1, 0.15) is 39.5 Å². The number of benzene rings is 2. The Kier molecular flexibility index (Phi) is 4.25. The molecular formula is C22H19FN2O. The van der Waals surface area contributed by atoms with Crippen LogP contribution in [0.4, 0.5) is 4.39 Å². The Balaban J connectivity index is 1.58. The van der Waals surface area contributed by atoms with Crippen molar-refractivity contribution in [1.29, 1.82) is 0 Å². The van der Waals surface area contributed by atoms with Gasteiger partial charge in [-0.25, -0.2) is 4.39 Å². The molecular weight excluding hydrogens is 327 g/mol. The second kappa shape index (κ2) is 6.71. The van der Waals surface area contributed by atoms with Crippen molar-refractivity contribution in [3.05, 3.63) is 89.0 Å². The zero-order chi connectivity index (χ0) is 18.1. The second-order valence-electron chi connectivity index (χ2n) is 6.74. The van der Waals surface area contributed by atoms with E-state index < -0.39 is 0 Å². The van der Waals surface area contributed by atoms with Crippen LogP contribution in [0.5, 0.6) is 0 Å². The molecule has 0 saturated heterocycles. The first-order chi connectivity index (χ1) is 12.6. The van der Waals surface area contributed by atoms with Crippen molar-refractivity contribution < 1.29 is 9.18 Å². The summed E-state index contributed by atoms with van der Waals surface area (Å²) in [6.45, 7) is 1.84. The lowest BCUT2D eigenvalue weighted by atomic mass is 10.0. The number of fused-ring (bicyclic) bond motifs is 1. The number of hydrogen-bond acceptors (Lipinski definition) is 2. The predicted octanol–water partition coefficient (Wildman–Crippen LogP) is 4.61. The predicted molar refractivity (Wildman–Crippen MR) is 99.3 cm³/mol. The summed E-state index contributed by atoms with van der Waals surface area (Å²) in [5, 5.41) is 3.10. The summed E-state index contributed by atoms with van der Waals surface area (Å²) in [7, 11) is 0. The highest BCUT2D eigenvalue weighted by molar-refractivity contribution is 5.95. The van der Waals surface area contributed by atoms with Crippen molar-refractivity contribution in [3.8, 4) is 11.1 Å². The fourth-order valence-corrected chi connectivity index (χ4v) is 3.57. The Morgan fingerprint density at radius 2 is 1.96 bits per heavy atom. The highest BCUT2D eigenvalue weighted by Crippen LogP contribution is 2.31. The first-order valence-electron chi connectivity index (χ1n) is 8.71. The SMILES string of the molecule is Cc1cc(F)cc(-c2cncc(C(=O)NC3CCc4ccccc43)c2)c1. The Morgan fingerprint density at radius 3 is 2.81 bits per heavy atom. The maximum Gasteiger partial charge on any atom is 0.253 e. The zero-order valence-corrected chi connectivity index (χ0v) is 14.5. The Hall–Kier alpha value is -3.01. The van der Waals surface area contributed by atoms with Crippen LogP contribution in [0.2, 0.25) is 0 Å². The van der Waals surface area contributed by atoms with Gasteiger partial charge in [0.15, 0.2) is 0 Å². The van der Waals surface area contributed by atoms with Crippen LogP contribution in [-0.4, -0.2) is 10.9 Å². The van der Waals surface area contributed by atoms with Crippen LogP contribution in [0.25, 0.3) is 11.1 Å². The first-order valence-corrected chi connectivity index (χ1v) is 8.71. The summed E-state index contributed by atoms with van der Waals surface area (Å²) in [5.41, 5.74) is 5.24. The molecule has 1 amide bonds. The monoisotopic (exact) mass is 346 g/mol. The standard InChI is InChI=1S/C22H19FN2O/c1-14-8-16(11-19(23)9-14)17-10-18(13-24-12-17)22(26)25-21-7-6-15-4-2-3-5-20(15)21/h2-5,8-13,21H,6-7H2,1H3,(H,25,26). The van der Waals surface area contributed by atoms with Crippen LogP contribution in [-0.2, 0) is 6.42 Å². The van der Waals surface area contributed by atoms with E-state index in [0.29, 0.717) is 5.56 Å². The molecule has 0 saturated carbocycles. The normalized spacial score (nSPS) is 15.5. The molecule has 3 nitrogen and oxygen atoms in total. The summed E-state index contributed by atoms with van der Waals surface area (Å²) >= 11 is 0. The number of carbonyl (C=O) groups is 1. The van der Waals surface area contributed by atoms with Gasteiger partial charge >= 0.3 is 0 Å². The minimum atomic E-state index is -0.294. The van der Waals surface area contributed by atoms with E-state index in [1.165, 1.54) is 23.3 Å². The Bertz CT molecular complexity index is 963. The molecule has 3 aromatic rings. The van der Waals surface area contributed by atoms with Gasteiger partial charge in [-0.15, -0.1) is 0 Å². The first kappa shape index (κ1) is 16.5. The fourth-order valence-electron chi connectivity index (χ4n) is 3.57. The number of aryl methyl sites for hydroxylation is 2. The maximum absolute atomic E-state index is 13.7. The molecule has 0 aliphatic heterocycles. The molecule has 1 N–H and O–H groups in total.